The molecule has 3 rings (SSSR count). The molecule has 34 heavy (non-hydrogen) atoms. The van der Waals surface area contributed by atoms with Gasteiger partial charge in [0.1, 0.15) is 0 Å². The molecule has 1 heterocycles. The van der Waals surface area contributed by atoms with Crippen LogP contribution in [0.15, 0.2) is 72.0 Å². The Bertz CT molecular complexity index is 1080. The lowest BCUT2D eigenvalue weighted by Gasteiger charge is -2.14. The summed E-state index contributed by atoms with van der Waals surface area (Å²) in [5, 5.41) is 13.4. The van der Waals surface area contributed by atoms with Gasteiger partial charge < -0.3 is 21.7 Å². The Balaban J connectivity index is 0.00000408. The molecule has 2 amide bonds. The van der Waals surface area contributed by atoms with Gasteiger partial charge in [-0.2, -0.15) is 5.10 Å². The van der Waals surface area contributed by atoms with Gasteiger partial charge in [-0.15, -0.1) is 24.0 Å². The van der Waals surface area contributed by atoms with Crippen LogP contribution in [0.3, 0.4) is 0 Å². The van der Waals surface area contributed by atoms with Crippen LogP contribution >= 0.6 is 24.0 Å². The van der Waals surface area contributed by atoms with Gasteiger partial charge in [0.2, 0.25) is 5.91 Å². The summed E-state index contributed by atoms with van der Waals surface area (Å²) in [6, 6.07) is 17.2. The third-order valence-corrected chi connectivity index (χ3v) is 4.86. The lowest BCUT2D eigenvalue weighted by molar-refractivity contribution is -0.117. The maximum atomic E-state index is 12.0. The molecule has 0 saturated heterocycles. The van der Waals surface area contributed by atoms with Crippen molar-refractivity contribution >= 4 is 41.8 Å². The zero-order chi connectivity index (χ0) is 23.5. The Hall–Kier alpha value is -3.41. The smallest absolute Gasteiger partial charge is 0.251 e. The van der Waals surface area contributed by atoms with Crippen LogP contribution in [0.25, 0.3) is 0 Å². The van der Waals surface area contributed by atoms with E-state index in [1.165, 1.54) is 11.1 Å². The summed E-state index contributed by atoms with van der Waals surface area (Å²) >= 11 is 0. The topological polar surface area (TPSA) is 126 Å². The fraction of sp³-hybridized carbons (Fsp3) is 0.250. The summed E-state index contributed by atoms with van der Waals surface area (Å²) in [5.41, 5.74) is 8.83. The van der Waals surface area contributed by atoms with Gasteiger partial charge in [-0.1, -0.05) is 36.4 Å². The summed E-state index contributed by atoms with van der Waals surface area (Å²) in [7, 11) is 0. The molecule has 0 aliphatic rings. The first-order valence-corrected chi connectivity index (χ1v) is 10.8. The van der Waals surface area contributed by atoms with Gasteiger partial charge in [-0.3, -0.25) is 14.3 Å². The number of nitrogens with one attached hydrogen (secondary N) is 3. The van der Waals surface area contributed by atoms with Crippen LogP contribution in [0.5, 0.6) is 0 Å². The van der Waals surface area contributed by atoms with E-state index in [4.69, 9.17) is 5.73 Å². The number of aromatic nitrogens is 2. The molecule has 0 fully saturated rings. The Morgan fingerprint density at radius 2 is 1.74 bits per heavy atom. The van der Waals surface area contributed by atoms with E-state index in [1.807, 2.05) is 48.1 Å². The SMILES string of the molecule is CCNC(=NCc1ccc(C(=O)NCC(N)=O)cc1)NCc1ccccc1Cn1cccn1.I. The number of carbonyl (C=O) groups is 2. The molecule has 1 aromatic heterocycles. The number of halogens is 1. The molecular weight excluding hydrogens is 545 g/mol. The van der Waals surface area contributed by atoms with E-state index in [9.17, 15) is 9.59 Å². The Morgan fingerprint density at radius 3 is 2.38 bits per heavy atom. The highest BCUT2D eigenvalue weighted by atomic mass is 127. The molecule has 0 saturated carbocycles. The summed E-state index contributed by atoms with van der Waals surface area (Å²) in [5.74, 6) is -0.218. The van der Waals surface area contributed by atoms with Crippen molar-refractivity contribution in [2.75, 3.05) is 13.1 Å². The number of aliphatic imine (C=N–C) groups is 1. The maximum Gasteiger partial charge on any atom is 0.251 e. The molecule has 0 aliphatic carbocycles. The largest absolute Gasteiger partial charge is 0.368 e. The van der Waals surface area contributed by atoms with Crippen LogP contribution in [0.1, 0.15) is 34.0 Å². The first-order chi connectivity index (χ1) is 16.0. The zero-order valence-corrected chi connectivity index (χ0v) is 21.4. The Labute approximate surface area is 216 Å². The number of hydrogen-bond donors (Lipinski definition) is 4. The molecule has 9 nitrogen and oxygen atoms in total. The predicted octanol–water partition coefficient (Wildman–Crippen LogP) is 2.02. The van der Waals surface area contributed by atoms with Gasteiger partial charge in [0.25, 0.3) is 5.91 Å². The van der Waals surface area contributed by atoms with Crippen LogP contribution in [0.2, 0.25) is 0 Å². The fourth-order valence-electron chi connectivity index (χ4n) is 3.17. The summed E-state index contributed by atoms with van der Waals surface area (Å²) in [6.45, 7) is 4.35. The van der Waals surface area contributed by atoms with Gasteiger partial charge in [-0.25, -0.2) is 4.99 Å². The highest BCUT2D eigenvalue weighted by Crippen LogP contribution is 2.10. The van der Waals surface area contributed by atoms with E-state index in [2.05, 4.69) is 38.2 Å². The number of nitrogens with two attached hydrogens (primary N) is 1. The highest BCUT2D eigenvalue weighted by molar-refractivity contribution is 14.0. The molecule has 0 bridgehead atoms. The summed E-state index contributed by atoms with van der Waals surface area (Å²) in [4.78, 5) is 27.4. The lowest BCUT2D eigenvalue weighted by Crippen LogP contribution is -2.37. The first kappa shape index (κ1) is 26.8. The molecule has 0 aliphatic heterocycles. The number of benzene rings is 2. The molecule has 5 N–H and O–H groups in total. The van der Waals surface area contributed by atoms with E-state index in [0.29, 0.717) is 31.2 Å². The van der Waals surface area contributed by atoms with Crippen molar-refractivity contribution in [1.82, 2.24) is 25.7 Å². The number of hydrogen-bond acceptors (Lipinski definition) is 4. The van der Waals surface area contributed by atoms with E-state index in [1.54, 1.807) is 18.3 Å². The second-order valence-electron chi connectivity index (χ2n) is 7.37. The van der Waals surface area contributed by atoms with Crippen LogP contribution in [0.4, 0.5) is 0 Å². The molecule has 0 unspecified atom stereocenters. The van der Waals surface area contributed by atoms with Crippen LogP contribution in [-0.4, -0.2) is 40.6 Å². The normalized spacial score (nSPS) is 10.8. The number of rotatable bonds is 10. The average molecular weight is 575 g/mol. The average Bonchev–Trinajstić information content (AvgIpc) is 3.33. The van der Waals surface area contributed by atoms with E-state index >= 15 is 0 Å². The standard InChI is InChI=1S/C24H29N7O2.HI/c1-2-26-24(28-14-18-8-10-19(11-9-18)23(33)27-16-22(25)32)29-15-20-6-3-4-7-21(20)17-31-13-5-12-30-31;/h3-13H,2,14-17H2,1H3,(H2,25,32)(H,27,33)(H2,26,28,29);1H. The van der Waals surface area contributed by atoms with Crippen molar-refractivity contribution in [3.63, 3.8) is 0 Å². The summed E-state index contributed by atoms with van der Waals surface area (Å²) in [6.07, 6.45) is 3.72. The molecular formula is C24H30IN7O2. The van der Waals surface area contributed by atoms with Crippen molar-refractivity contribution < 1.29 is 9.59 Å². The quantitative estimate of drug-likeness (QED) is 0.167. The van der Waals surface area contributed by atoms with Crippen molar-refractivity contribution in [1.29, 1.82) is 0 Å². The van der Waals surface area contributed by atoms with Crippen molar-refractivity contribution in [2.24, 2.45) is 10.7 Å². The van der Waals surface area contributed by atoms with Crippen molar-refractivity contribution in [3.05, 3.63) is 89.2 Å². The zero-order valence-electron chi connectivity index (χ0n) is 19.0. The van der Waals surface area contributed by atoms with Gasteiger partial charge in [-0.05, 0) is 41.8 Å². The van der Waals surface area contributed by atoms with Gasteiger partial charge >= 0.3 is 0 Å². The highest BCUT2D eigenvalue weighted by Gasteiger charge is 2.07. The van der Waals surface area contributed by atoms with Crippen molar-refractivity contribution in [3.8, 4) is 0 Å². The monoisotopic (exact) mass is 575 g/mol. The number of guanidine groups is 1. The number of primary amides is 1. The van der Waals surface area contributed by atoms with Gasteiger partial charge in [0, 0.05) is 31.0 Å². The van der Waals surface area contributed by atoms with E-state index < -0.39 is 5.91 Å². The van der Waals surface area contributed by atoms with Crippen molar-refractivity contribution in [2.45, 2.75) is 26.6 Å². The Kier molecular flexibility index (Phi) is 11.0. The minimum Gasteiger partial charge on any atom is -0.368 e. The molecule has 0 spiro atoms. The predicted molar refractivity (Wildman–Crippen MR) is 143 cm³/mol. The van der Waals surface area contributed by atoms with Gasteiger partial charge in [0.15, 0.2) is 5.96 Å². The van der Waals surface area contributed by atoms with Crippen LogP contribution < -0.4 is 21.7 Å². The minimum absolute atomic E-state index is 0. The number of nitrogens with zero attached hydrogens (tertiary/aromatic N) is 3. The third kappa shape index (κ3) is 8.50. The second-order valence-corrected chi connectivity index (χ2v) is 7.37. The Morgan fingerprint density at radius 1 is 1.00 bits per heavy atom. The maximum absolute atomic E-state index is 12.0. The third-order valence-electron chi connectivity index (χ3n) is 4.86. The minimum atomic E-state index is -0.582. The molecule has 0 atom stereocenters. The second kappa shape index (κ2) is 14.0. The van der Waals surface area contributed by atoms with Crippen LogP contribution in [0, 0.1) is 0 Å². The molecule has 3 aromatic rings. The van der Waals surface area contributed by atoms with E-state index in [0.717, 1.165) is 12.1 Å². The fourth-order valence-corrected chi connectivity index (χ4v) is 3.17. The molecule has 10 heteroatoms. The van der Waals surface area contributed by atoms with E-state index in [-0.39, 0.29) is 36.4 Å². The molecule has 180 valence electrons. The lowest BCUT2D eigenvalue weighted by atomic mass is 10.1. The molecule has 2 aromatic carbocycles. The van der Waals surface area contributed by atoms with Gasteiger partial charge in [0.05, 0.1) is 19.6 Å². The number of amides is 2. The summed E-state index contributed by atoms with van der Waals surface area (Å²) < 4.78 is 1.90. The van der Waals surface area contributed by atoms with Crippen LogP contribution in [-0.2, 0) is 24.4 Å². The first-order valence-electron chi connectivity index (χ1n) is 10.8. The number of carbonyl (C=O) groups excluding carboxylic acids is 2. The molecule has 0 radical (unpaired) electrons.